The van der Waals surface area contributed by atoms with Crippen LogP contribution >= 0.6 is 0 Å². The number of nitrogens with zero attached hydrogens (tertiary/aromatic N) is 3. The SMILES string of the molecule is CC(Oc1ccc(F)c(F)c1)C(=O)N[C@H]1CC[C@@H](Nc2nc(N(C)C)c3ccccc3n2)CC1.O=C(O)C(F)(F)F. The third kappa shape index (κ3) is 8.88. The average Bonchev–Trinajstić information content (AvgIpc) is 2.91. The molecule has 0 saturated heterocycles. The van der Waals surface area contributed by atoms with E-state index in [9.17, 15) is 26.7 Å². The fourth-order valence-corrected chi connectivity index (χ4v) is 4.16. The van der Waals surface area contributed by atoms with Crippen molar-refractivity contribution in [2.24, 2.45) is 0 Å². The molecule has 0 radical (unpaired) electrons. The highest BCUT2D eigenvalue weighted by molar-refractivity contribution is 5.90. The number of anilines is 2. The normalized spacial score (nSPS) is 17.6. The van der Waals surface area contributed by atoms with Gasteiger partial charge in [0.05, 0.1) is 5.52 Å². The molecule has 41 heavy (non-hydrogen) atoms. The summed E-state index contributed by atoms with van der Waals surface area (Å²) in [6, 6.07) is 11.4. The quantitative estimate of drug-likeness (QED) is 0.336. The van der Waals surface area contributed by atoms with Gasteiger partial charge in [-0.2, -0.15) is 18.2 Å². The lowest BCUT2D eigenvalue weighted by molar-refractivity contribution is -0.192. The molecule has 1 unspecified atom stereocenters. The number of benzene rings is 2. The number of nitrogens with one attached hydrogen (secondary N) is 2. The van der Waals surface area contributed by atoms with Crippen LogP contribution in [-0.2, 0) is 9.59 Å². The van der Waals surface area contributed by atoms with E-state index < -0.39 is 29.9 Å². The fourth-order valence-electron chi connectivity index (χ4n) is 4.16. The summed E-state index contributed by atoms with van der Waals surface area (Å²) < 4.78 is 63.6. The molecule has 2 aromatic carbocycles. The van der Waals surface area contributed by atoms with Crippen LogP contribution in [-0.4, -0.2) is 65.4 Å². The minimum Gasteiger partial charge on any atom is -0.481 e. The number of aliphatic carboxylic acids is 1. The maximum Gasteiger partial charge on any atom is 0.490 e. The molecule has 3 aromatic rings. The molecule has 1 aliphatic rings. The Bertz CT molecular complexity index is 1360. The topological polar surface area (TPSA) is 117 Å². The Morgan fingerprint density at radius 2 is 1.61 bits per heavy atom. The second kappa shape index (κ2) is 13.4. The molecule has 14 heteroatoms. The highest BCUT2D eigenvalue weighted by atomic mass is 19.4. The summed E-state index contributed by atoms with van der Waals surface area (Å²) in [6.07, 6.45) is -2.59. The van der Waals surface area contributed by atoms with Gasteiger partial charge in [0.1, 0.15) is 11.6 Å². The van der Waals surface area contributed by atoms with Gasteiger partial charge in [0.25, 0.3) is 5.91 Å². The van der Waals surface area contributed by atoms with Crippen molar-refractivity contribution in [2.45, 2.75) is 57.0 Å². The zero-order chi connectivity index (χ0) is 30.3. The van der Waals surface area contributed by atoms with E-state index in [0.29, 0.717) is 5.95 Å². The number of fused-ring (bicyclic) bond motifs is 1. The molecule has 1 heterocycles. The van der Waals surface area contributed by atoms with Crippen LogP contribution in [0.2, 0.25) is 0 Å². The number of aromatic nitrogens is 2. The summed E-state index contributed by atoms with van der Waals surface area (Å²) in [6.45, 7) is 1.59. The van der Waals surface area contributed by atoms with Crippen LogP contribution in [0.1, 0.15) is 32.6 Å². The van der Waals surface area contributed by atoms with Crippen LogP contribution in [0.3, 0.4) is 0 Å². The van der Waals surface area contributed by atoms with E-state index in [4.69, 9.17) is 19.6 Å². The lowest BCUT2D eigenvalue weighted by Gasteiger charge is -2.30. The van der Waals surface area contributed by atoms with Crippen molar-refractivity contribution < 1.29 is 41.4 Å². The number of para-hydroxylation sites is 1. The van der Waals surface area contributed by atoms with E-state index >= 15 is 0 Å². The zero-order valence-electron chi connectivity index (χ0n) is 22.5. The van der Waals surface area contributed by atoms with Crippen molar-refractivity contribution in [3.8, 4) is 5.75 Å². The van der Waals surface area contributed by atoms with Crippen LogP contribution in [0, 0.1) is 11.6 Å². The molecule has 1 aliphatic carbocycles. The van der Waals surface area contributed by atoms with Crippen molar-refractivity contribution in [3.05, 3.63) is 54.1 Å². The van der Waals surface area contributed by atoms with Gasteiger partial charge in [-0.15, -0.1) is 0 Å². The van der Waals surface area contributed by atoms with Gasteiger partial charge in [-0.05, 0) is 56.9 Å². The Labute approximate surface area is 232 Å². The van der Waals surface area contributed by atoms with Crippen molar-refractivity contribution in [1.82, 2.24) is 15.3 Å². The lowest BCUT2D eigenvalue weighted by atomic mass is 9.91. The maximum absolute atomic E-state index is 13.4. The minimum absolute atomic E-state index is 0.0245. The second-order valence-corrected chi connectivity index (χ2v) is 9.62. The number of amides is 1. The Hall–Kier alpha value is -4.23. The van der Waals surface area contributed by atoms with Crippen molar-refractivity contribution >= 4 is 34.5 Å². The van der Waals surface area contributed by atoms with Crippen LogP contribution in [0.5, 0.6) is 5.75 Å². The average molecular weight is 584 g/mol. The molecule has 0 bridgehead atoms. The third-order valence-electron chi connectivity index (χ3n) is 6.23. The van der Waals surface area contributed by atoms with E-state index in [1.54, 1.807) is 6.92 Å². The van der Waals surface area contributed by atoms with Gasteiger partial charge in [-0.25, -0.2) is 18.6 Å². The van der Waals surface area contributed by atoms with E-state index in [-0.39, 0.29) is 23.7 Å². The Morgan fingerprint density at radius 1 is 1.00 bits per heavy atom. The van der Waals surface area contributed by atoms with E-state index in [1.165, 1.54) is 6.07 Å². The first-order valence-corrected chi connectivity index (χ1v) is 12.7. The highest BCUT2D eigenvalue weighted by Crippen LogP contribution is 2.26. The monoisotopic (exact) mass is 583 g/mol. The number of rotatable bonds is 7. The molecule has 1 saturated carbocycles. The molecular formula is C27H30F5N5O4. The largest absolute Gasteiger partial charge is 0.490 e. The number of hydrogen-bond acceptors (Lipinski definition) is 7. The molecule has 3 N–H and O–H groups in total. The number of carbonyl (C=O) groups excluding carboxylic acids is 1. The highest BCUT2D eigenvalue weighted by Gasteiger charge is 2.38. The summed E-state index contributed by atoms with van der Waals surface area (Å²) in [5.41, 5.74) is 0.889. The summed E-state index contributed by atoms with van der Waals surface area (Å²) in [4.78, 5) is 32.8. The number of halogens is 5. The van der Waals surface area contributed by atoms with Gasteiger partial charge in [0.2, 0.25) is 5.95 Å². The molecule has 222 valence electrons. The first-order chi connectivity index (χ1) is 19.2. The summed E-state index contributed by atoms with van der Waals surface area (Å²) in [7, 11) is 3.92. The first kappa shape index (κ1) is 31.3. The predicted octanol–water partition coefficient (Wildman–Crippen LogP) is 4.91. The molecule has 0 aliphatic heterocycles. The molecule has 0 spiro atoms. The molecule has 9 nitrogen and oxygen atoms in total. The molecule has 1 atom stereocenters. The van der Waals surface area contributed by atoms with Crippen molar-refractivity contribution in [3.63, 3.8) is 0 Å². The summed E-state index contributed by atoms with van der Waals surface area (Å²) in [5, 5.41) is 14.6. The van der Waals surface area contributed by atoms with Gasteiger partial charge < -0.3 is 25.4 Å². The van der Waals surface area contributed by atoms with Crippen LogP contribution < -0.4 is 20.3 Å². The number of ether oxygens (including phenoxy) is 1. The minimum atomic E-state index is -5.08. The van der Waals surface area contributed by atoms with Crippen LogP contribution in [0.15, 0.2) is 42.5 Å². The number of carbonyl (C=O) groups is 2. The Kier molecular flexibility index (Phi) is 10.2. The lowest BCUT2D eigenvalue weighted by Crippen LogP contribution is -2.45. The van der Waals surface area contributed by atoms with Gasteiger partial charge in [0.15, 0.2) is 17.7 Å². The standard InChI is InChI=1S/C25H29F2N5O2.C2HF3O2/c1-15(34-18-12-13-20(26)21(27)14-18)24(33)28-16-8-10-17(11-9-16)29-25-30-22-7-5-4-6-19(22)23(31-25)32(2)3;3-2(4,5)1(6)7/h4-7,12-17H,8-11H2,1-3H3,(H,28,33)(H,29,30,31);(H,6,7)/t15?,16-,17+;. The molecule has 4 rings (SSSR count). The fraction of sp³-hybridized carbons (Fsp3) is 0.407. The molecule has 1 aromatic heterocycles. The summed E-state index contributed by atoms with van der Waals surface area (Å²) >= 11 is 0. The molecule has 1 fully saturated rings. The summed E-state index contributed by atoms with van der Waals surface area (Å²) in [5.74, 6) is -3.43. The zero-order valence-corrected chi connectivity index (χ0v) is 22.5. The van der Waals surface area contributed by atoms with Crippen molar-refractivity contribution in [2.75, 3.05) is 24.3 Å². The van der Waals surface area contributed by atoms with E-state index in [0.717, 1.165) is 54.5 Å². The van der Waals surface area contributed by atoms with Crippen molar-refractivity contribution in [1.29, 1.82) is 0 Å². The first-order valence-electron chi connectivity index (χ1n) is 12.7. The maximum atomic E-state index is 13.4. The second-order valence-electron chi connectivity index (χ2n) is 9.62. The van der Waals surface area contributed by atoms with Crippen LogP contribution in [0.25, 0.3) is 10.9 Å². The number of hydrogen-bond donors (Lipinski definition) is 3. The Balaban J connectivity index is 0.000000587. The third-order valence-corrected chi connectivity index (χ3v) is 6.23. The van der Waals surface area contributed by atoms with Gasteiger partial charge in [0, 0.05) is 37.6 Å². The van der Waals surface area contributed by atoms with Crippen LogP contribution in [0.4, 0.5) is 33.7 Å². The smallest absolute Gasteiger partial charge is 0.481 e. The predicted molar refractivity (Wildman–Crippen MR) is 142 cm³/mol. The number of carboxylic acids is 1. The molecular weight excluding hydrogens is 553 g/mol. The number of carboxylic acid groups (broad SMARTS) is 1. The van der Waals surface area contributed by atoms with E-state index in [2.05, 4.69) is 15.6 Å². The molecule has 1 amide bonds. The number of alkyl halides is 3. The van der Waals surface area contributed by atoms with Gasteiger partial charge in [-0.3, -0.25) is 4.79 Å². The van der Waals surface area contributed by atoms with Gasteiger partial charge in [-0.1, -0.05) is 12.1 Å². The van der Waals surface area contributed by atoms with E-state index in [1.807, 2.05) is 43.3 Å². The van der Waals surface area contributed by atoms with Gasteiger partial charge >= 0.3 is 12.1 Å². The Morgan fingerprint density at radius 3 is 2.20 bits per heavy atom.